The van der Waals surface area contributed by atoms with Crippen LogP contribution in [0.15, 0.2) is 174 Å². The summed E-state index contributed by atoms with van der Waals surface area (Å²) >= 11 is 1.87. The molecule has 0 unspecified atom stereocenters. The molecule has 0 N–H and O–H groups in total. The zero-order chi connectivity index (χ0) is 33.0. The molecule has 1 aliphatic heterocycles. The first-order valence-electron chi connectivity index (χ1n) is 16.8. The first-order valence-corrected chi connectivity index (χ1v) is 17.6. The van der Waals surface area contributed by atoms with Crippen LogP contribution in [0.1, 0.15) is 11.1 Å². The Kier molecular flexibility index (Phi) is 6.74. The summed E-state index contributed by atoms with van der Waals surface area (Å²) in [4.78, 5) is 12.0. The van der Waals surface area contributed by atoms with Crippen molar-refractivity contribution < 1.29 is 0 Å². The van der Waals surface area contributed by atoms with Crippen molar-refractivity contribution in [2.24, 2.45) is 0 Å². The number of rotatable bonds is 2. The molecule has 0 saturated heterocycles. The standard InChI is InChI=1S/C46H29N3S/c1-3-12-35-30(10-1)18-19-32-20-21-33(34-23-25-41-40(29-34)45-42(15-9-27-48-45)49(41)44-17-7-8-26-47-44)28-39(32)38-24-22-31-11-2-4-13-36(31)46(38)50-43-16-6-5-14-37(35)43/h1-29H. The van der Waals surface area contributed by atoms with Crippen LogP contribution in [0.25, 0.3) is 84.1 Å². The van der Waals surface area contributed by atoms with Gasteiger partial charge in [-0.05, 0) is 104 Å². The van der Waals surface area contributed by atoms with E-state index >= 15 is 0 Å². The molecule has 3 aromatic heterocycles. The molecular formula is C46H29N3S. The van der Waals surface area contributed by atoms with Gasteiger partial charge in [0.15, 0.2) is 0 Å². The van der Waals surface area contributed by atoms with Crippen molar-refractivity contribution in [1.82, 2.24) is 14.5 Å². The van der Waals surface area contributed by atoms with Gasteiger partial charge in [-0.1, -0.05) is 127 Å². The highest BCUT2D eigenvalue weighted by molar-refractivity contribution is 7.99. The van der Waals surface area contributed by atoms with Crippen molar-refractivity contribution in [3.8, 4) is 39.2 Å². The van der Waals surface area contributed by atoms with E-state index in [-0.39, 0.29) is 0 Å². The molecule has 0 aliphatic carbocycles. The van der Waals surface area contributed by atoms with Crippen LogP contribution in [0, 0.1) is 0 Å². The average molecular weight is 656 g/mol. The molecule has 1 aliphatic rings. The van der Waals surface area contributed by atoms with E-state index in [1.807, 2.05) is 48.4 Å². The number of aromatic nitrogens is 3. The number of hydrogen-bond donors (Lipinski definition) is 0. The highest BCUT2D eigenvalue weighted by atomic mass is 32.2. The molecule has 0 fully saturated rings. The topological polar surface area (TPSA) is 30.7 Å². The Morgan fingerprint density at radius 3 is 2.14 bits per heavy atom. The fourth-order valence-corrected chi connectivity index (χ4v) is 8.62. The number of nitrogens with zero attached hydrogens (tertiary/aromatic N) is 3. The Bertz CT molecular complexity index is 2790. The Morgan fingerprint density at radius 1 is 0.460 bits per heavy atom. The van der Waals surface area contributed by atoms with Gasteiger partial charge in [0.2, 0.25) is 0 Å². The van der Waals surface area contributed by atoms with Gasteiger partial charge < -0.3 is 0 Å². The quantitative estimate of drug-likeness (QED) is 0.186. The SMILES string of the molecule is C1=Cc2ccc(-c3ccc4c(c3)c3ncccc3n4-c3ccccn3)cc2-c2ccc3ccccc3c2Sc2ccccc2-c2ccccc21. The predicted molar refractivity (Wildman–Crippen MR) is 210 cm³/mol. The summed E-state index contributed by atoms with van der Waals surface area (Å²) in [6.07, 6.45) is 8.26. The molecule has 234 valence electrons. The molecule has 0 amide bonds. The molecule has 0 bridgehead atoms. The molecule has 0 radical (unpaired) electrons. The van der Waals surface area contributed by atoms with Crippen molar-refractivity contribution in [2.75, 3.05) is 0 Å². The highest BCUT2D eigenvalue weighted by Crippen LogP contribution is 2.47. The van der Waals surface area contributed by atoms with Gasteiger partial charge >= 0.3 is 0 Å². The van der Waals surface area contributed by atoms with E-state index in [2.05, 4.69) is 149 Å². The summed E-state index contributed by atoms with van der Waals surface area (Å²) in [6, 6.07) is 54.6. The van der Waals surface area contributed by atoms with Crippen LogP contribution in [-0.4, -0.2) is 14.5 Å². The molecule has 4 heteroatoms. The first-order chi connectivity index (χ1) is 24.8. The zero-order valence-corrected chi connectivity index (χ0v) is 27.8. The Balaban J connectivity index is 1.22. The molecule has 0 atom stereocenters. The van der Waals surface area contributed by atoms with Crippen LogP contribution < -0.4 is 0 Å². The maximum atomic E-state index is 4.85. The van der Waals surface area contributed by atoms with Crippen LogP contribution in [-0.2, 0) is 0 Å². The molecule has 6 aromatic carbocycles. The van der Waals surface area contributed by atoms with Crippen molar-refractivity contribution in [2.45, 2.75) is 9.79 Å². The van der Waals surface area contributed by atoms with Crippen LogP contribution in [0.3, 0.4) is 0 Å². The first kappa shape index (κ1) is 28.8. The van der Waals surface area contributed by atoms with Gasteiger partial charge in [0.25, 0.3) is 0 Å². The van der Waals surface area contributed by atoms with E-state index in [1.165, 1.54) is 53.9 Å². The number of pyridine rings is 2. The monoisotopic (exact) mass is 655 g/mol. The van der Waals surface area contributed by atoms with Crippen LogP contribution >= 0.6 is 11.8 Å². The summed E-state index contributed by atoms with van der Waals surface area (Å²) in [7, 11) is 0. The highest BCUT2D eigenvalue weighted by Gasteiger charge is 2.19. The minimum atomic E-state index is 0.883. The fraction of sp³-hybridized carbons (Fsp3) is 0. The molecule has 10 rings (SSSR count). The van der Waals surface area contributed by atoms with Crippen molar-refractivity contribution in [3.63, 3.8) is 0 Å². The predicted octanol–water partition coefficient (Wildman–Crippen LogP) is 12.4. The van der Waals surface area contributed by atoms with Gasteiger partial charge in [-0.15, -0.1) is 0 Å². The number of hydrogen-bond acceptors (Lipinski definition) is 3. The van der Waals surface area contributed by atoms with Gasteiger partial charge in [-0.3, -0.25) is 9.55 Å². The average Bonchev–Trinajstić information content (AvgIpc) is 3.50. The van der Waals surface area contributed by atoms with Gasteiger partial charge in [0, 0.05) is 27.6 Å². The summed E-state index contributed by atoms with van der Waals surface area (Å²) in [5, 5.41) is 3.60. The van der Waals surface area contributed by atoms with Gasteiger partial charge in [0.1, 0.15) is 5.82 Å². The largest absolute Gasteiger partial charge is 0.292 e. The zero-order valence-electron chi connectivity index (χ0n) is 27.0. The van der Waals surface area contributed by atoms with Gasteiger partial charge in [-0.2, -0.15) is 0 Å². The number of fused-ring (bicyclic) bond motifs is 11. The minimum absolute atomic E-state index is 0.883. The van der Waals surface area contributed by atoms with E-state index in [0.717, 1.165) is 38.9 Å². The third kappa shape index (κ3) is 4.68. The van der Waals surface area contributed by atoms with Crippen molar-refractivity contribution in [3.05, 3.63) is 175 Å². The lowest BCUT2D eigenvalue weighted by Crippen LogP contribution is -1.96. The lowest BCUT2D eigenvalue weighted by molar-refractivity contribution is 1.08. The maximum absolute atomic E-state index is 4.85. The smallest absolute Gasteiger partial charge is 0.137 e. The van der Waals surface area contributed by atoms with Crippen molar-refractivity contribution in [1.29, 1.82) is 0 Å². The Morgan fingerprint density at radius 2 is 1.22 bits per heavy atom. The molecule has 4 heterocycles. The lowest BCUT2D eigenvalue weighted by Gasteiger charge is -2.17. The second-order valence-electron chi connectivity index (χ2n) is 12.6. The van der Waals surface area contributed by atoms with E-state index in [0.29, 0.717) is 0 Å². The van der Waals surface area contributed by atoms with E-state index < -0.39 is 0 Å². The van der Waals surface area contributed by atoms with E-state index in [9.17, 15) is 0 Å². The van der Waals surface area contributed by atoms with Gasteiger partial charge in [0.05, 0.1) is 16.6 Å². The summed E-state index contributed by atoms with van der Waals surface area (Å²) in [5.41, 5.74) is 12.7. The summed E-state index contributed by atoms with van der Waals surface area (Å²) in [5.74, 6) is 0.883. The third-order valence-corrected chi connectivity index (χ3v) is 11.0. The normalized spacial score (nSPS) is 12.2. The van der Waals surface area contributed by atoms with Crippen LogP contribution in [0.4, 0.5) is 0 Å². The third-order valence-electron chi connectivity index (χ3n) is 9.75. The molecule has 9 aromatic rings. The summed E-state index contributed by atoms with van der Waals surface area (Å²) in [6.45, 7) is 0. The van der Waals surface area contributed by atoms with Crippen LogP contribution in [0.5, 0.6) is 0 Å². The Hall–Kier alpha value is -6.23. The second-order valence-corrected chi connectivity index (χ2v) is 13.7. The lowest BCUT2D eigenvalue weighted by atomic mass is 9.92. The molecule has 0 spiro atoms. The molecule has 50 heavy (non-hydrogen) atoms. The minimum Gasteiger partial charge on any atom is -0.292 e. The molecule has 3 nitrogen and oxygen atoms in total. The van der Waals surface area contributed by atoms with E-state index in [1.54, 1.807) is 0 Å². The van der Waals surface area contributed by atoms with Crippen LogP contribution in [0.2, 0.25) is 0 Å². The van der Waals surface area contributed by atoms with Gasteiger partial charge in [-0.25, -0.2) is 4.98 Å². The number of benzene rings is 6. The molecular weight excluding hydrogens is 627 g/mol. The summed E-state index contributed by atoms with van der Waals surface area (Å²) < 4.78 is 2.20. The van der Waals surface area contributed by atoms with Crippen molar-refractivity contribution >= 4 is 56.6 Å². The maximum Gasteiger partial charge on any atom is 0.137 e. The fourth-order valence-electron chi connectivity index (χ4n) is 7.38. The van der Waals surface area contributed by atoms with E-state index in [4.69, 9.17) is 4.98 Å². The Labute approximate surface area is 294 Å². The second kappa shape index (κ2) is 11.7. The molecule has 0 saturated carbocycles.